The average molecular weight is 418 g/mol. The molecule has 0 radical (unpaired) electrons. The number of aromatic nitrogens is 2. The minimum atomic E-state index is -3.88. The first-order chi connectivity index (χ1) is 13.8. The van der Waals surface area contributed by atoms with Crippen LogP contribution >= 0.6 is 0 Å². The lowest BCUT2D eigenvalue weighted by Crippen LogP contribution is -2.15. The predicted molar refractivity (Wildman–Crippen MR) is 103 cm³/mol. The number of hydrogen-bond acceptors (Lipinski definition) is 5. The quantitative estimate of drug-likeness (QED) is 0.614. The molecular formula is C19H16F2N4O3S. The Morgan fingerprint density at radius 2 is 1.69 bits per heavy atom. The van der Waals surface area contributed by atoms with Crippen molar-refractivity contribution < 1.29 is 22.0 Å². The van der Waals surface area contributed by atoms with Crippen LogP contribution in [0.15, 0.2) is 65.8 Å². The van der Waals surface area contributed by atoms with Crippen molar-refractivity contribution in [2.24, 2.45) is 0 Å². The van der Waals surface area contributed by atoms with Gasteiger partial charge in [0, 0.05) is 24.5 Å². The highest BCUT2D eigenvalue weighted by Gasteiger charge is 2.15. The van der Waals surface area contributed by atoms with Gasteiger partial charge < -0.3 is 5.32 Å². The van der Waals surface area contributed by atoms with Gasteiger partial charge in [0.1, 0.15) is 11.6 Å². The number of amides is 1. The number of nitrogens with one attached hydrogen (secondary N) is 2. The van der Waals surface area contributed by atoms with Gasteiger partial charge in [-0.25, -0.2) is 31.9 Å². The molecule has 0 spiro atoms. The first-order valence-corrected chi connectivity index (χ1v) is 9.95. The Hall–Kier alpha value is -3.40. The molecule has 0 aliphatic carbocycles. The molecular weight excluding hydrogens is 402 g/mol. The molecule has 0 saturated carbocycles. The van der Waals surface area contributed by atoms with Crippen LogP contribution < -0.4 is 10.0 Å². The van der Waals surface area contributed by atoms with Gasteiger partial charge in [0.15, 0.2) is 0 Å². The summed E-state index contributed by atoms with van der Waals surface area (Å²) in [5, 5.41) is 2.58. The molecule has 7 nitrogen and oxygen atoms in total. The topological polar surface area (TPSA) is 101 Å². The molecule has 0 aliphatic heterocycles. The summed E-state index contributed by atoms with van der Waals surface area (Å²) in [4.78, 5) is 19.6. The van der Waals surface area contributed by atoms with E-state index in [1.807, 2.05) is 0 Å². The third-order valence-electron chi connectivity index (χ3n) is 3.87. The molecule has 1 aromatic heterocycles. The summed E-state index contributed by atoms with van der Waals surface area (Å²) >= 11 is 0. The number of anilines is 2. The Bertz CT molecular complexity index is 1110. The zero-order chi connectivity index (χ0) is 20.9. The summed E-state index contributed by atoms with van der Waals surface area (Å²) in [5.41, 5.74) is 0.473. The number of nitrogens with zero attached hydrogens (tertiary/aromatic N) is 2. The summed E-state index contributed by atoms with van der Waals surface area (Å²) in [6.07, 6.45) is 2.77. The van der Waals surface area contributed by atoms with Gasteiger partial charge in [0.05, 0.1) is 4.90 Å². The van der Waals surface area contributed by atoms with Crippen LogP contribution in [0.3, 0.4) is 0 Å². The second kappa shape index (κ2) is 8.74. The third kappa shape index (κ3) is 5.55. The van der Waals surface area contributed by atoms with Gasteiger partial charge in [-0.1, -0.05) is 0 Å². The molecule has 2 N–H and O–H groups in total. The summed E-state index contributed by atoms with van der Waals surface area (Å²) in [6, 6.07) is 10.1. The van der Waals surface area contributed by atoms with Crippen molar-refractivity contribution in [3.63, 3.8) is 0 Å². The van der Waals surface area contributed by atoms with Crippen molar-refractivity contribution in [1.29, 1.82) is 0 Å². The number of rotatable bonds is 7. The van der Waals surface area contributed by atoms with Crippen molar-refractivity contribution in [2.45, 2.75) is 17.7 Å². The van der Waals surface area contributed by atoms with Crippen LogP contribution in [0.1, 0.15) is 12.0 Å². The Balaban J connectivity index is 1.60. The van der Waals surface area contributed by atoms with E-state index in [1.54, 1.807) is 6.07 Å². The van der Waals surface area contributed by atoms with Gasteiger partial charge in [0.25, 0.3) is 10.0 Å². The Morgan fingerprint density at radius 1 is 1.00 bits per heavy atom. The third-order valence-corrected chi connectivity index (χ3v) is 5.21. The maximum atomic E-state index is 13.6. The fraction of sp³-hybridized carbons (Fsp3) is 0.105. The molecule has 10 heteroatoms. The van der Waals surface area contributed by atoms with Crippen molar-refractivity contribution >= 4 is 27.6 Å². The van der Waals surface area contributed by atoms with E-state index < -0.39 is 27.6 Å². The first-order valence-electron chi connectivity index (χ1n) is 8.47. The second-order valence-electron chi connectivity index (χ2n) is 5.99. The van der Waals surface area contributed by atoms with Crippen LogP contribution in [0.4, 0.5) is 20.4 Å². The van der Waals surface area contributed by atoms with Crippen molar-refractivity contribution in [1.82, 2.24) is 9.97 Å². The van der Waals surface area contributed by atoms with E-state index in [9.17, 15) is 22.0 Å². The molecule has 0 fully saturated rings. The van der Waals surface area contributed by atoms with E-state index in [2.05, 4.69) is 20.0 Å². The van der Waals surface area contributed by atoms with Crippen LogP contribution in [0, 0.1) is 11.6 Å². The molecule has 1 amide bonds. The van der Waals surface area contributed by atoms with Gasteiger partial charge in [-0.3, -0.25) is 4.79 Å². The van der Waals surface area contributed by atoms with E-state index in [-0.39, 0.29) is 29.2 Å². The lowest BCUT2D eigenvalue weighted by molar-refractivity contribution is -0.116. The maximum Gasteiger partial charge on any atom is 0.264 e. The second-order valence-corrected chi connectivity index (χ2v) is 7.67. The smallest absolute Gasteiger partial charge is 0.264 e. The number of benzene rings is 2. The number of sulfonamides is 1. The van der Waals surface area contributed by atoms with E-state index >= 15 is 0 Å². The highest BCUT2D eigenvalue weighted by atomic mass is 32.2. The normalized spacial score (nSPS) is 11.1. The number of carbonyl (C=O) groups excluding carboxylic acids is 1. The average Bonchev–Trinajstić information content (AvgIpc) is 2.69. The number of halogens is 2. The summed E-state index contributed by atoms with van der Waals surface area (Å²) in [7, 11) is -3.88. The minimum Gasteiger partial charge on any atom is -0.326 e. The van der Waals surface area contributed by atoms with E-state index in [0.717, 1.165) is 18.2 Å². The van der Waals surface area contributed by atoms with Gasteiger partial charge in [-0.05, 0) is 60.5 Å². The lowest BCUT2D eigenvalue weighted by atomic mass is 10.1. The van der Waals surface area contributed by atoms with E-state index in [1.165, 1.54) is 36.7 Å². The summed E-state index contributed by atoms with van der Waals surface area (Å²) in [6.45, 7) is 0. The van der Waals surface area contributed by atoms with Crippen LogP contribution in [0.5, 0.6) is 0 Å². The van der Waals surface area contributed by atoms with Gasteiger partial charge >= 0.3 is 0 Å². The molecule has 29 heavy (non-hydrogen) atoms. The fourth-order valence-electron chi connectivity index (χ4n) is 2.45. The highest BCUT2D eigenvalue weighted by molar-refractivity contribution is 7.92. The van der Waals surface area contributed by atoms with Gasteiger partial charge in [-0.2, -0.15) is 0 Å². The zero-order valence-electron chi connectivity index (χ0n) is 15.0. The van der Waals surface area contributed by atoms with E-state index in [4.69, 9.17) is 0 Å². The molecule has 3 aromatic rings. The molecule has 0 bridgehead atoms. The molecule has 0 aliphatic rings. The van der Waals surface area contributed by atoms with Crippen LogP contribution in [-0.2, 0) is 21.2 Å². The molecule has 0 atom stereocenters. The number of aryl methyl sites for hydroxylation is 1. The standard InChI is InChI=1S/C19H16F2N4O3S/c20-14-3-8-17(21)13(12-14)2-9-18(26)24-15-4-6-16(7-5-15)29(27,28)25-19-22-10-1-11-23-19/h1,3-8,10-12H,2,9H2,(H,24,26)(H,22,23,25). The molecule has 2 aromatic carbocycles. The Kier molecular flexibility index (Phi) is 6.13. The van der Waals surface area contributed by atoms with Gasteiger partial charge in [-0.15, -0.1) is 0 Å². The zero-order valence-corrected chi connectivity index (χ0v) is 15.8. The van der Waals surface area contributed by atoms with Gasteiger partial charge in [0.2, 0.25) is 11.9 Å². The molecule has 3 rings (SSSR count). The van der Waals surface area contributed by atoms with Crippen molar-refractivity contribution in [3.8, 4) is 0 Å². The summed E-state index contributed by atoms with van der Waals surface area (Å²) < 4.78 is 53.6. The molecule has 1 heterocycles. The summed E-state index contributed by atoms with van der Waals surface area (Å²) in [5.74, 6) is -1.63. The van der Waals surface area contributed by atoms with Crippen LogP contribution in [0.25, 0.3) is 0 Å². The van der Waals surface area contributed by atoms with Crippen molar-refractivity contribution in [2.75, 3.05) is 10.0 Å². The van der Waals surface area contributed by atoms with Crippen molar-refractivity contribution in [3.05, 3.63) is 78.1 Å². The number of carbonyl (C=O) groups is 1. The fourth-order valence-corrected chi connectivity index (χ4v) is 3.41. The highest BCUT2D eigenvalue weighted by Crippen LogP contribution is 2.17. The molecule has 0 unspecified atom stereocenters. The van der Waals surface area contributed by atoms with Crippen LogP contribution in [0.2, 0.25) is 0 Å². The molecule has 150 valence electrons. The lowest BCUT2D eigenvalue weighted by Gasteiger charge is -2.09. The molecule has 0 saturated heterocycles. The first kappa shape index (κ1) is 20.3. The predicted octanol–water partition coefficient (Wildman–Crippen LogP) is 3.13. The monoisotopic (exact) mass is 418 g/mol. The largest absolute Gasteiger partial charge is 0.326 e. The SMILES string of the molecule is O=C(CCc1cc(F)ccc1F)Nc1ccc(S(=O)(=O)Nc2ncccn2)cc1. The Labute approximate surface area is 165 Å². The maximum absolute atomic E-state index is 13.6. The Morgan fingerprint density at radius 3 is 2.38 bits per heavy atom. The minimum absolute atomic E-state index is 0.0306. The van der Waals surface area contributed by atoms with Crippen LogP contribution in [-0.4, -0.2) is 24.3 Å². The van der Waals surface area contributed by atoms with E-state index in [0.29, 0.717) is 5.69 Å². The number of hydrogen-bond donors (Lipinski definition) is 2.